The van der Waals surface area contributed by atoms with Gasteiger partial charge in [0.2, 0.25) is 0 Å². The molecule has 0 aromatic rings. The summed E-state index contributed by atoms with van der Waals surface area (Å²) in [6.07, 6.45) is 5.72. The average Bonchev–Trinajstić information content (AvgIpc) is 2.75. The molecule has 0 rings (SSSR count). The molecule has 0 fully saturated rings. The standard InChI is InChI=1S/C10H22O7.C9H16O2/c11-1-9(2-12,3-13)7-17-8-10(4-14,5-15)6-16;1-3-5-6-7-8-11-9(10)4-2/h11-16H,1-8H2;4H,2-3,5-8H2,1H3. The van der Waals surface area contributed by atoms with E-state index in [0.29, 0.717) is 6.61 Å². The Morgan fingerprint density at radius 2 is 1.25 bits per heavy atom. The fourth-order valence-corrected chi connectivity index (χ4v) is 1.82. The summed E-state index contributed by atoms with van der Waals surface area (Å²) < 4.78 is 9.93. The number of hydrogen-bond acceptors (Lipinski definition) is 9. The third-order valence-electron chi connectivity index (χ3n) is 4.24. The molecule has 0 bridgehead atoms. The largest absolute Gasteiger partial charge is 0.463 e. The molecule has 6 N–H and O–H groups in total. The second kappa shape index (κ2) is 18.0. The van der Waals surface area contributed by atoms with Crippen LogP contribution >= 0.6 is 0 Å². The number of esters is 1. The van der Waals surface area contributed by atoms with Gasteiger partial charge in [0, 0.05) is 6.08 Å². The molecule has 0 saturated carbocycles. The van der Waals surface area contributed by atoms with E-state index >= 15 is 0 Å². The number of rotatable bonds is 16. The summed E-state index contributed by atoms with van der Waals surface area (Å²) in [5, 5.41) is 54.2. The van der Waals surface area contributed by atoms with Crippen molar-refractivity contribution < 1.29 is 44.9 Å². The lowest BCUT2D eigenvalue weighted by Gasteiger charge is -2.31. The van der Waals surface area contributed by atoms with Crippen molar-refractivity contribution in [3.63, 3.8) is 0 Å². The molecule has 0 aliphatic carbocycles. The SMILES string of the molecule is C=CC(=O)OCCCCCC.OCC(CO)(CO)COCC(CO)(CO)CO. The average molecular weight is 411 g/mol. The Labute approximate surface area is 167 Å². The molecule has 0 radical (unpaired) electrons. The Morgan fingerprint density at radius 1 is 0.821 bits per heavy atom. The van der Waals surface area contributed by atoms with Crippen molar-refractivity contribution in [1.82, 2.24) is 0 Å². The first-order valence-electron chi connectivity index (χ1n) is 9.40. The Morgan fingerprint density at radius 3 is 1.57 bits per heavy atom. The highest BCUT2D eigenvalue weighted by Gasteiger charge is 2.32. The Bertz CT molecular complexity index is 343. The van der Waals surface area contributed by atoms with Gasteiger partial charge in [0.05, 0.1) is 70.3 Å². The van der Waals surface area contributed by atoms with Crippen molar-refractivity contribution >= 4 is 5.97 Å². The number of carbonyl (C=O) groups excluding carboxylic acids is 1. The molecule has 9 nitrogen and oxygen atoms in total. The van der Waals surface area contributed by atoms with Gasteiger partial charge in [-0.15, -0.1) is 0 Å². The summed E-state index contributed by atoms with van der Waals surface area (Å²) in [5.41, 5.74) is -2.32. The van der Waals surface area contributed by atoms with Crippen LogP contribution in [0.5, 0.6) is 0 Å². The van der Waals surface area contributed by atoms with E-state index in [2.05, 4.69) is 13.5 Å². The van der Waals surface area contributed by atoms with E-state index < -0.39 is 50.5 Å². The van der Waals surface area contributed by atoms with Crippen molar-refractivity contribution in [3.05, 3.63) is 12.7 Å². The van der Waals surface area contributed by atoms with Gasteiger partial charge < -0.3 is 40.1 Å². The first-order valence-corrected chi connectivity index (χ1v) is 9.40. The second-order valence-corrected chi connectivity index (χ2v) is 6.87. The van der Waals surface area contributed by atoms with E-state index in [1.807, 2.05) is 0 Å². The molecule has 0 amide bonds. The van der Waals surface area contributed by atoms with E-state index in [-0.39, 0.29) is 19.2 Å². The highest BCUT2D eigenvalue weighted by atomic mass is 16.5. The van der Waals surface area contributed by atoms with Gasteiger partial charge in [-0.2, -0.15) is 0 Å². The minimum atomic E-state index is -1.16. The molecule has 0 aliphatic heterocycles. The van der Waals surface area contributed by atoms with Crippen molar-refractivity contribution in [2.45, 2.75) is 32.6 Å². The second-order valence-electron chi connectivity index (χ2n) is 6.87. The van der Waals surface area contributed by atoms with E-state index in [9.17, 15) is 4.79 Å². The molecule has 0 aliphatic rings. The highest BCUT2D eigenvalue weighted by molar-refractivity contribution is 5.81. The molecule has 0 heterocycles. The van der Waals surface area contributed by atoms with Crippen LogP contribution in [0, 0.1) is 10.8 Å². The van der Waals surface area contributed by atoms with Gasteiger partial charge in [0.25, 0.3) is 0 Å². The van der Waals surface area contributed by atoms with Gasteiger partial charge in [-0.3, -0.25) is 0 Å². The van der Waals surface area contributed by atoms with Crippen molar-refractivity contribution in [3.8, 4) is 0 Å². The van der Waals surface area contributed by atoms with Crippen LogP contribution in [0.4, 0.5) is 0 Å². The Kier molecular flexibility index (Phi) is 18.7. The quantitative estimate of drug-likeness (QED) is 0.109. The van der Waals surface area contributed by atoms with Gasteiger partial charge >= 0.3 is 5.97 Å². The van der Waals surface area contributed by atoms with Gasteiger partial charge in [-0.1, -0.05) is 32.8 Å². The van der Waals surface area contributed by atoms with Crippen LogP contribution in [0.2, 0.25) is 0 Å². The molecule has 0 aromatic heterocycles. The third kappa shape index (κ3) is 12.4. The topological polar surface area (TPSA) is 157 Å². The molecule has 168 valence electrons. The number of carbonyl (C=O) groups is 1. The zero-order chi connectivity index (χ0) is 21.9. The van der Waals surface area contributed by atoms with E-state index in [0.717, 1.165) is 12.8 Å². The lowest BCUT2D eigenvalue weighted by Crippen LogP contribution is -2.43. The maximum absolute atomic E-state index is 10.5. The lowest BCUT2D eigenvalue weighted by molar-refractivity contribution is -0.137. The van der Waals surface area contributed by atoms with Crippen LogP contribution in [0.25, 0.3) is 0 Å². The van der Waals surface area contributed by atoms with Crippen LogP contribution in [-0.2, 0) is 14.3 Å². The summed E-state index contributed by atoms with van der Waals surface area (Å²) in [7, 11) is 0. The third-order valence-corrected chi connectivity index (χ3v) is 4.24. The predicted molar refractivity (Wildman–Crippen MR) is 103 cm³/mol. The molecule has 0 atom stereocenters. The number of hydrogen-bond donors (Lipinski definition) is 6. The molecular weight excluding hydrogens is 372 g/mol. The summed E-state index contributed by atoms with van der Waals surface area (Å²) in [6, 6.07) is 0. The lowest BCUT2D eigenvalue weighted by atomic mass is 9.91. The number of aliphatic hydroxyl groups is 6. The van der Waals surface area contributed by atoms with E-state index in [4.69, 9.17) is 40.1 Å². The van der Waals surface area contributed by atoms with E-state index in [1.54, 1.807) is 0 Å². The first kappa shape index (κ1) is 29.1. The van der Waals surface area contributed by atoms with Crippen LogP contribution in [0.3, 0.4) is 0 Å². The fraction of sp³-hybridized carbons (Fsp3) is 0.842. The minimum absolute atomic E-state index is 0.141. The van der Waals surface area contributed by atoms with Gasteiger partial charge in [-0.25, -0.2) is 4.79 Å². The molecule has 0 aromatic carbocycles. The predicted octanol–water partition coefficient (Wildman–Crippen LogP) is -0.774. The van der Waals surface area contributed by atoms with E-state index in [1.165, 1.54) is 18.9 Å². The highest BCUT2D eigenvalue weighted by Crippen LogP contribution is 2.19. The summed E-state index contributed by atoms with van der Waals surface area (Å²) >= 11 is 0. The number of aliphatic hydroxyl groups excluding tert-OH is 6. The normalized spacial score (nSPS) is 11.5. The van der Waals surface area contributed by atoms with Crippen LogP contribution in [-0.4, -0.2) is 96.1 Å². The zero-order valence-electron chi connectivity index (χ0n) is 16.9. The maximum atomic E-state index is 10.5. The van der Waals surface area contributed by atoms with Crippen molar-refractivity contribution in [2.24, 2.45) is 10.8 Å². The summed E-state index contributed by atoms with van der Waals surface area (Å²) in [6.45, 7) is 2.98. The minimum Gasteiger partial charge on any atom is -0.463 e. The Hall–Kier alpha value is -1.07. The van der Waals surface area contributed by atoms with Crippen LogP contribution in [0.1, 0.15) is 32.6 Å². The monoisotopic (exact) mass is 410 g/mol. The molecule has 28 heavy (non-hydrogen) atoms. The maximum Gasteiger partial charge on any atom is 0.330 e. The van der Waals surface area contributed by atoms with Gasteiger partial charge in [0.15, 0.2) is 0 Å². The zero-order valence-corrected chi connectivity index (χ0v) is 16.9. The number of unbranched alkanes of at least 4 members (excludes halogenated alkanes) is 3. The first-order chi connectivity index (χ1) is 13.4. The van der Waals surface area contributed by atoms with Crippen molar-refractivity contribution in [2.75, 3.05) is 59.5 Å². The summed E-state index contributed by atoms with van der Waals surface area (Å²) in [4.78, 5) is 10.5. The smallest absolute Gasteiger partial charge is 0.330 e. The number of ether oxygens (including phenoxy) is 2. The van der Waals surface area contributed by atoms with Crippen molar-refractivity contribution in [1.29, 1.82) is 0 Å². The van der Waals surface area contributed by atoms with Crippen LogP contribution < -0.4 is 0 Å². The molecule has 9 heteroatoms. The fourth-order valence-electron chi connectivity index (χ4n) is 1.82. The molecule has 0 spiro atoms. The summed E-state index contributed by atoms with van der Waals surface area (Å²) in [5.74, 6) is -0.318. The molecular formula is C19H38O9. The van der Waals surface area contributed by atoms with Crippen LogP contribution in [0.15, 0.2) is 12.7 Å². The van der Waals surface area contributed by atoms with Gasteiger partial charge in [-0.05, 0) is 6.42 Å². The molecule has 0 saturated heterocycles. The molecule has 0 unspecified atom stereocenters. The Balaban J connectivity index is 0. The van der Waals surface area contributed by atoms with Gasteiger partial charge in [0.1, 0.15) is 0 Å².